The van der Waals surface area contributed by atoms with E-state index >= 15 is 0 Å². The Labute approximate surface area is 187 Å². The molecule has 4 rings (SSSR count). The maximum absolute atomic E-state index is 13.2. The fourth-order valence-corrected chi connectivity index (χ4v) is 4.48. The topological polar surface area (TPSA) is 49.4 Å². The van der Waals surface area contributed by atoms with Crippen LogP contribution in [0.25, 0.3) is 6.08 Å². The Balaban J connectivity index is 1.46. The molecule has 0 aliphatic carbocycles. The van der Waals surface area contributed by atoms with E-state index in [2.05, 4.69) is 36.5 Å². The molecule has 1 heterocycles. The molecule has 0 atom stereocenters. The quantitative estimate of drug-likeness (QED) is 0.572. The van der Waals surface area contributed by atoms with E-state index in [1.54, 1.807) is 4.90 Å². The Kier molecular flexibility index (Phi) is 6.53. The second-order valence-corrected chi connectivity index (χ2v) is 8.55. The van der Waals surface area contributed by atoms with Gasteiger partial charge in [0, 0.05) is 11.4 Å². The lowest BCUT2D eigenvalue weighted by Gasteiger charge is -2.29. The highest BCUT2D eigenvalue weighted by Gasteiger charge is 2.30. The first-order valence-corrected chi connectivity index (χ1v) is 11.1. The van der Waals surface area contributed by atoms with E-state index in [1.165, 1.54) is 22.9 Å². The van der Waals surface area contributed by atoms with Gasteiger partial charge in [-0.15, -0.1) is 0 Å². The van der Waals surface area contributed by atoms with Crippen LogP contribution in [0.3, 0.4) is 0 Å². The molecule has 0 saturated heterocycles. The van der Waals surface area contributed by atoms with Crippen LogP contribution in [0, 0.1) is 6.92 Å². The lowest BCUT2D eigenvalue weighted by molar-refractivity contribution is -0.122. The Morgan fingerprint density at radius 1 is 0.968 bits per heavy atom. The number of hydrogen-bond acceptors (Lipinski definition) is 3. The fourth-order valence-electron chi connectivity index (χ4n) is 3.42. The first kappa shape index (κ1) is 20.9. The summed E-state index contributed by atoms with van der Waals surface area (Å²) in [6.07, 6.45) is 2.64. The number of hydrogen-bond donors (Lipinski definition) is 1. The second-order valence-electron chi connectivity index (χ2n) is 7.47. The van der Waals surface area contributed by atoms with Gasteiger partial charge in [-0.05, 0) is 42.7 Å². The third kappa shape index (κ3) is 5.25. The van der Waals surface area contributed by atoms with Crippen molar-refractivity contribution in [2.45, 2.75) is 18.2 Å². The van der Waals surface area contributed by atoms with Crippen LogP contribution < -0.4 is 10.2 Å². The standard InChI is InChI=1S/C26H24N2O2S/c1-19-11-13-20(14-12-19)15-16-27-25(29)18-28-22-9-5-6-10-23(22)31-24(26(28)30)17-21-7-3-2-4-8-21/h2-14,17H,15-16,18H2,1H3,(H,27,29). The molecule has 156 valence electrons. The van der Waals surface area contributed by atoms with Crippen molar-refractivity contribution in [3.05, 3.63) is 100 Å². The molecular formula is C26H24N2O2S. The average Bonchev–Trinajstić information content (AvgIpc) is 2.79. The second kappa shape index (κ2) is 9.67. The molecule has 0 radical (unpaired) electrons. The summed E-state index contributed by atoms with van der Waals surface area (Å²) in [4.78, 5) is 29.0. The molecule has 1 aliphatic heterocycles. The summed E-state index contributed by atoms with van der Waals surface area (Å²) in [5.74, 6) is -0.317. The molecule has 2 amide bonds. The minimum Gasteiger partial charge on any atom is -0.354 e. The van der Waals surface area contributed by atoms with Crippen LogP contribution in [0.2, 0.25) is 0 Å². The molecule has 3 aromatic carbocycles. The number of nitrogens with one attached hydrogen (secondary N) is 1. The first-order valence-electron chi connectivity index (χ1n) is 10.3. The Morgan fingerprint density at radius 2 is 1.68 bits per heavy atom. The summed E-state index contributed by atoms with van der Waals surface area (Å²) in [6, 6.07) is 25.7. The average molecular weight is 429 g/mol. The molecule has 0 fully saturated rings. The van der Waals surface area contributed by atoms with Gasteiger partial charge in [0.15, 0.2) is 0 Å². The van der Waals surface area contributed by atoms with Crippen molar-refractivity contribution in [1.29, 1.82) is 0 Å². The number of para-hydroxylation sites is 1. The number of aryl methyl sites for hydroxylation is 1. The number of nitrogens with zero attached hydrogens (tertiary/aromatic N) is 1. The zero-order valence-corrected chi connectivity index (χ0v) is 18.2. The molecule has 0 unspecified atom stereocenters. The van der Waals surface area contributed by atoms with Crippen LogP contribution in [0.4, 0.5) is 5.69 Å². The van der Waals surface area contributed by atoms with Crippen molar-refractivity contribution in [3.8, 4) is 0 Å². The van der Waals surface area contributed by atoms with Gasteiger partial charge in [0.1, 0.15) is 6.54 Å². The fraction of sp³-hybridized carbons (Fsp3) is 0.154. The summed E-state index contributed by atoms with van der Waals surface area (Å²) < 4.78 is 0. The number of carbonyl (C=O) groups is 2. The lowest BCUT2D eigenvalue weighted by atomic mass is 10.1. The van der Waals surface area contributed by atoms with E-state index in [0.717, 1.165) is 22.6 Å². The molecular weight excluding hydrogens is 404 g/mol. The monoisotopic (exact) mass is 428 g/mol. The molecule has 1 aliphatic rings. The van der Waals surface area contributed by atoms with Crippen molar-refractivity contribution in [2.75, 3.05) is 18.0 Å². The summed E-state index contributed by atoms with van der Waals surface area (Å²) in [5.41, 5.74) is 4.12. The van der Waals surface area contributed by atoms with Crippen LogP contribution in [-0.4, -0.2) is 24.9 Å². The zero-order valence-electron chi connectivity index (χ0n) is 17.4. The maximum atomic E-state index is 13.2. The van der Waals surface area contributed by atoms with Crippen LogP contribution >= 0.6 is 11.8 Å². The number of anilines is 1. The highest BCUT2D eigenvalue weighted by Crippen LogP contribution is 2.41. The van der Waals surface area contributed by atoms with Crippen molar-refractivity contribution in [2.24, 2.45) is 0 Å². The van der Waals surface area contributed by atoms with Gasteiger partial charge < -0.3 is 5.32 Å². The highest BCUT2D eigenvalue weighted by molar-refractivity contribution is 8.04. The van der Waals surface area contributed by atoms with Crippen molar-refractivity contribution in [3.63, 3.8) is 0 Å². The van der Waals surface area contributed by atoms with Gasteiger partial charge in [0.05, 0.1) is 10.6 Å². The van der Waals surface area contributed by atoms with Gasteiger partial charge in [-0.3, -0.25) is 14.5 Å². The Hall–Kier alpha value is -3.31. The predicted molar refractivity (Wildman–Crippen MR) is 127 cm³/mol. The number of amides is 2. The van der Waals surface area contributed by atoms with Gasteiger partial charge in [-0.2, -0.15) is 0 Å². The van der Waals surface area contributed by atoms with Gasteiger partial charge in [-0.25, -0.2) is 0 Å². The molecule has 3 aromatic rings. The summed E-state index contributed by atoms with van der Waals surface area (Å²) in [7, 11) is 0. The van der Waals surface area contributed by atoms with Crippen molar-refractivity contribution in [1.82, 2.24) is 5.32 Å². The normalized spacial score (nSPS) is 14.4. The molecule has 4 nitrogen and oxygen atoms in total. The number of carbonyl (C=O) groups excluding carboxylic acids is 2. The summed E-state index contributed by atoms with van der Waals surface area (Å²) >= 11 is 1.45. The van der Waals surface area contributed by atoms with E-state index in [-0.39, 0.29) is 18.4 Å². The number of rotatable bonds is 6. The minimum atomic E-state index is -0.166. The predicted octanol–water partition coefficient (Wildman–Crippen LogP) is 4.83. The van der Waals surface area contributed by atoms with E-state index in [4.69, 9.17) is 0 Å². The molecule has 0 bridgehead atoms. The molecule has 0 aromatic heterocycles. The van der Waals surface area contributed by atoms with E-state index in [0.29, 0.717) is 11.4 Å². The largest absolute Gasteiger partial charge is 0.354 e. The van der Waals surface area contributed by atoms with E-state index in [9.17, 15) is 9.59 Å². The maximum Gasteiger partial charge on any atom is 0.265 e. The third-order valence-electron chi connectivity index (χ3n) is 5.09. The van der Waals surface area contributed by atoms with Gasteiger partial charge in [-0.1, -0.05) is 84.1 Å². The van der Waals surface area contributed by atoms with Crippen molar-refractivity contribution >= 4 is 35.3 Å². The third-order valence-corrected chi connectivity index (χ3v) is 6.16. The van der Waals surface area contributed by atoms with Gasteiger partial charge in [0.2, 0.25) is 5.91 Å². The lowest BCUT2D eigenvalue weighted by Crippen LogP contribution is -2.43. The Bertz CT molecular complexity index is 1110. The van der Waals surface area contributed by atoms with Gasteiger partial charge in [0.25, 0.3) is 5.91 Å². The number of thioether (sulfide) groups is 1. The summed E-state index contributed by atoms with van der Waals surface area (Å²) in [6.45, 7) is 2.58. The Morgan fingerprint density at radius 3 is 2.45 bits per heavy atom. The number of benzene rings is 3. The molecule has 31 heavy (non-hydrogen) atoms. The molecule has 5 heteroatoms. The number of fused-ring (bicyclic) bond motifs is 1. The smallest absolute Gasteiger partial charge is 0.265 e. The molecule has 1 N–H and O–H groups in total. The molecule has 0 spiro atoms. The van der Waals surface area contributed by atoms with Crippen LogP contribution in [0.5, 0.6) is 0 Å². The zero-order chi connectivity index (χ0) is 21.6. The van der Waals surface area contributed by atoms with Crippen LogP contribution in [0.1, 0.15) is 16.7 Å². The van der Waals surface area contributed by atoms with Gasteiger partial charge >= 0.3 is 0 Å². The van der Waals surface area contributed by atoms with Crippen LogP contribution in [0.15, 0.2) is 88.7 Å². The molecule has 0 saturated carbocycles. The first-order chi connectivity index (χ1) is 15.1. The van der Waals surface area contributed by atoms with E-state index in [1.807, 2.05) is 60.7 Å². The summed E-state index contributed by atoms with van der Waals surface area (Å²) in [5, 5.41) is 2.95. The SMILES string of the molecule is Cc1ccc(CCNC(=O)CN2C(=O)C(=Cc3ccccc3)Sc3ccccc32)cc1. The van der Waals surface area contributed by atoms with Crippen LogP contribution in [-0.2, 0) is 16.0 Å². The van der Waals surface area contributed by atoms with Crippen molar-refractivity contribution < 1.29 is 9.59 Å². The highest BCUT2D eigenvalue weighted by atomic mass is 32.2. The minimum absolute atomic E-state index is 0.00354. The van der Waals surface area contributed by atoms with E-state index < -0.39 is 0 Å².